The van der Waals surface area contributed by atoms with E-state index in [9.17, 15) is 0 Å². The highest BCUT2D eigenvalue weighted by Crippen LogP contribution is 2.69. The molecule has 3 aliphatic rings. The lowest BCUT2D eigenvalue weighted by atomic mass is 9.76. The minimum absolute atomic E-state index is 0.136. The lowest BCUT2D eigenvalue weighted by Gasteiger charge is -2.31. The molecule has 4 heteroatoms. The summed E-state index contributed by atoms with van der Waals surface area (Å²) in [6.07, 6.45) is 0. The average molecular weight is 597 g/mol. The van der Waals surface area contributed by atoms with Gasteiger partial charge < -0.3 is 4.74 Å². The molecule has 1 saturated carbocycles. The number of nitrogens with zero attached hydrogens (tertiary/aromatic N) is 2. The zero-order chi connectivity index (χ0) is 31.8. The number of benzene rings is 4. The Hall–Kier alpha value is -3.60. The molecule has 8 rings (SSSR count). The fourth-order valence-corrected chi connectivity index (χ4v) is 9.43. The Morgan fingerprint density at radius 2 is 1.47 bits per heavy atom. The molecule has 0 bridgehead atoms. The molecule has 4 aromatic carbocycles. The van der Waals surface area contributed by atoms with Crippen LogP contribution in [0.1, 0.15) is 108 Å². The highest BCUT2D eigenvalue weighted by atomic mass is 16.5. The van der Waals surface area contributed by atoms with Gasteiger partial charge >= 0.3 is 5.82 Å². The van der Waals surface area contributed by atoms with Gasteiger partial charge in [-0.05, 0) is 69.9 Å². The third-order valence-electron chi connectivity index (χ3n) is 11.3. The third-order valence-corrected chi connectivity index (χ3v) is 11.3. The monoisotopic (exact) mass is 596 g/mol. The first-order chi connectivity index (χ1) is 21.4. The Morgan fingerprint density at radius 1 is 0.800 bits per heavy atom. The van der Waals surface area contributed by atoms with Crippen molar-refractivity contribution in [1.29, 1.82) is 0 Å². The van der Waals surface area contributed by atoms with E-state index in [0.717, 1.165) is 11.5 Å². The van der Waals surface area contributed by atoms with E-state index in [0.29, 0.717) is 5.92 Å². The fourth-order valence-electron chi connectivity index (χ4n) is 9.43. The number of hydrogen-bond acceptors (Lipinski definition) is 3. The molecule has 0 radical (unpaired) electrons. The predicted molar refractivity (Wildman–Crippen MR) is 185 cm³/mol. The maximum absolute atomic E-state index is 6.70. The van der Waals surface area contributed by atoms with Crippen LogP contribution in [0.4, 0.5) is 0 Å². The molecule has 0 saturated heterocycles. The van der Waals surface area contributed by atoms with Crippen LogP contribution < -0.4 is 9.88 Å². The van der Waals surface area contributed by atoms with Crippen LogP contribution in [0.5, 0.6) is 0 Å². The molecule has 230 valence electrons. The first-order valence-electron chi connectivity index (χ1n) is 16.8. The number of ether oxygens (including phenoxy) is 1. The smallest absolute Gasteiger partial charge is 0.302 e. The maximum Gasteiger partial charge on any atom is 0.302 e. The topological polar surface area (TPSA) is 38.0 Å². The van der Waals surface area contributed by atoms with Crippen LogP contribution in [-0.4, -0.2) is 23.9 Å². The summed E-state index contributed by atoms with van der Waals surface area (Å²) in [4.78, 5) is 5.73. The zero-order valence-electron chi connectivity index (χ0n) is 28.5. The predicted octanol–water partition coefficient (Wildman–Crippen LogP) is 9.06. The van der Waals surface area contributed by atoms with E-state index in [-0.39, 0.29) is 28.8 Å². The molecule has 45 heavy (non-hydrogen) atoms. The second kappa shape index (κ2) is 9.24. The van der Waals surface area contributed by atoms with Crippen LogP contribution in [0.15, 0.2) is 66.7 Å². The summed E-state index contributed by atoms with van der Waals surface area (Å²) in [6.45, 7) is 20.9. The molecule has 3 atom stereocenters. The number of hydrogen-bond donors (Lipinski definition) is 1. The van der Waals surface area contributed by atoms with Crippen molar-refractivity contribution in [3.05, 3.63) is 94.8 Å². The Bertz CT molecular complexity index is 2070. The van der Waals surface area contributed by atoms with E-state index in [1.807, 2.05) is 7.11 Å². The van der Waals surface area contributed by atoms with Crippen molar-refractivity contribution >= 4 is 21.5 Å². The van der Waals surface area contributed by atoms with Gasteiger partial charge in [0.15, 0.2) is 17.0 Å². The van der Waals surface area contributed by atoms with Gasteiger partial charge in [0.05, 0.1) is 17.4 Å². The summed E-state index contributed by atoms with van der Waals surface area (Å²) in [5.41, 5.74) is 9.44. The van der Waals surface area contributed by atoms with Crippen LogP contribution >= 0.6 is 0 Å². The lowest BCUT2D eigenvalue weighted by molar-refractivity contribution is -0.746. The molecule has 1 N–H and O–H groups in total. The van der Waals surface area contributed by atoms with Crippen molar-refractivity contribution in [2.75, 3.05) is 7.11 Å². The van der Waals surface area contributed by atoms with Gasteiger partial charge in [0, 0.05) is 29.7 Å². The third kappa shape index (κ3) is 3.40. The van der Waals surface area contributed by atoms with E-state index in [1.165, 1.54) is 60.6 Å². The van der Waals surface area contributed by atoms with Gasteiger partial charge in [-0.3, -0.25) is 5.32 Å². The summed E-state index contributed by atoms with van der Waals surface area (Å²) < 4.78 is 9.34. The Morgan fingerprint density at radius 3 is 2.11 bits per heavy atom. The Kier molecular flexibility index (Phi) is 5.92. The second-order valence-electron chi connectivity index (χ2n) is 15.3. The highest BCUT2D eigenvalue weighted by molar-refractivity contribution is 6.06. The SMILES string of the molecule is COC1(NC(C)C)C2c3cc(C(C)C)c4ccccc4c3-c3c4c(nc(C(C)C)[n+]3C21C)-c1c(ccc2ccccc12)C4(C)C. The molecular formula is C41H46N3O+. The quantitative estimate of drug-likeness (QED) is 0.162. The minimum atomic E-state index is -0.565. The first kappa shape index (κ1) is 28.8. The van der Waals surface area contributed by atoms with Gasteiger partial charge in [0.1, 0.15) is 5.69 Å². The molecule has 1 aromatic heterocycles. The summed E-state index contributed by atoms with van der Waals surface area (Å²) in [6, 6.07) is 25.3. The van der Waals surface area contributed by atoms with Gasteiger partial charge in [-0.1, -0.05) is 108 Å². The molecule has 4 nitrogen and oxygen atoms in total. The van der Waals surface area contributed by atoms with Gasteiger partial charge in [-0.25, -0.2) is 4.57 Å². The number of rotatable bonds is 5. The molecule has 2 aliphatic carbocycles. The van der Waals surface area contributed by atoms with E-state index < -0.39 is 5.72 Å². The number of nitrogens with one attached hydrogen (secondary N) is 1. The molecule has 5 aromatic rings. The van der Waals surface area contributed by atoms with Crippen molar-refractivity contribution in [2.24, 2.45) is 0 Å². The normalized spacial score (nSPS) is 23.8. The van der Waals surface area contributed by atoms with Crippen molar-refractivity contribution in [3.8, 4) is 22.5 Å². The van der Waals surface area contributed by atoms with Crippen LogP contribution in [0.2, 0.25) is 0 Å². The number of methoxy groups -OCH3 is 1. The zero-order valence-corrected chi connectivity index (χ0v) is 28.5. The van der Waals surface area contributed by atoms with Gasteiger partial charge in [-0.2, -0.15) is 0 Å². The molecular weight excluding hydrogens is 550 g/mol. The standard InChI is InChI=1S/C41H46N3O/c1-22(2)29-21-30-32(28-18-14-13-17-27(28)29)36-34-35(33-26-16-12-11-15-25(26)19-20-31(33)39(34,7)8)42-38(23(3)4)44(36)40(9)37(30)41(40,45-10)43-24(5)6/h11-24,37,43H,1-10H3/q+1. The van der Waals surface area contributed by atoms with Crippen LogP contribution in [0, 0.1) is 0 Å². The van der Waals surface area contributed by atoms with Crippen molar-refractivity contribution in [3.63, 3.8) is 0 Å². The van der Waals surface area contributed by atoms with Crippen LogP contribution in [0.3, 0.4) is 0 Å². The molecule has 0 amide bonds. The summed E-state index contributed by atoms with van der Waals surface area (Å²) in [7, 11) is 1.89. The van der Waals surface area contributed by atoms with Crippen molar-refractivity contribution in [1.82, 2.24) is 10.3 Å². The van der Waals surface area contributed by atoms with Gasteiger partial charge in [0.2, 0.25) is 0 Å². The molecule has 3 unspecified atom stereocenters. The average Bonchev–Trinajstić information content (AvgIpc) is 3.46. The maximum atomic E-state index is 6.70. The minimum Gasteiger partial charge on any atom is -0.358 e. The van der Waals surface area contributed by atoms with E-state index in [1.54, 1.807) is 0 Å². The summed E-state index contributed by atoms with van der Waals surface area (Å²) in [5.74, 6) is 1.87. The van der Waals surface area contributed by atoms with E-state index in [2.05, 4.69) is 139 Å². The molecule has 0 spiro atoms. The Balaban J connectivity index is 1.62. The summed E-state index contributed by atoms with van der Waals surface area (Å²) in [5, 5.41) is 9.19. The lowest BCUT2D eigenvalue weighted by Crippen LogP contribution is -2.60. The second-order valence-corrected chi connectivity index (χ2v) is 15.3. The van der Waals surface area contributed by atoms with Crippen LogP contribution in [-0.2, 0) is 15.7 Å². The van der Waals surface area contributed by atoms with Gasteiger partial charge in [-0.15, -0.1) is 0 Å². The summed E-state index contributed by atoms with van der Waals surface area (Å²) >= 11 is 0. The van der Waals surface area contributed by atoms with Gasteiger partial charge in [0.25, 0.3) is 0 Å². The number of aromatic nitrogens is 2. The van der Waals surface area contributed by atoms with E-state index in [4.69, 9.17) is 9.72 Å². The highest BCUT2D eigenvalue weighted by Gasteiger charge is 2.84. The van der Waals surface area contributed by atoms with E-state index >= 15 is 0 Å². The molecule has 2 heterocycles. The van der Waals surface area contributed by atoms with Crippen LogP contribution in [0.25, 0.3) is 44.1 Å². The Labute approximate surface area is 267 Å². The van der Waals surface area contributed by atoms with Crippen molar-refractivity contribution in [2.45, 2.75) is 103 Å². The first-order valence-corrected chi connectivity index (χ1v) is 16.8. The van der Waals surface area contributed by atoms with Crippen molar-refractivity contribution < 1.29 is 9.30 Å². The largest absolute Gasteiger partial charge is 0.358 e. The molecule has 1 aliphatic heterocycles. The number of fused-ring (bicyclic) bond motifs is 14. The molecule has 1 fully saturated rings. The fraction of sp³-hybridized carbons (Fsp3) is 0.415.